The Labute approximate surface area is 149 Å². The second kappa shape index (κ2) is 6.83. The van der Waals surface area contributed by atoms with E-state index < -0.39 is 0 Å². The number of ether oxygens (including phenoxy) is 1. The number of carbonyl (C=O) groups is 1. The number of rotatable bonds is 5. The van der Waals surface area contributed by atoms with Crippen molar-refractivity contribution in [3.8, 4) is 17.0 Å². The fourth-order valence-corrected chi connectivity index (χ4v) is 3.12. The SMILES string of the molecule is Cc1cc(Cl)c(-c2nc(N)nc3c2CN(C=O)C3)cc1OCCCl. The minimum atomic E-state index is 0.149. The topological polar surface area (TPSA) is 81.3 Å². The number of carbonyl (C=O) groups excluding carboxylic acids is 1. The number of aromatic nitrogens is 2. The molecule has 0 aliphatic carbocycles. The van der Waals surface area contributed by atoms with Crippen molar-refractivity contribution in [3.63, 3.8) is 0 Å². The lowest BCUT2D eigenvalue weighted by molar-refractivity contribution is -0.118. The molecule has 24 heavy (non-hydrogen) atoms. The summed E-state index contributed by atoms with van der Waals surface area (Å²) in [6.07, 6.45) is 0.785. The molecule has 0 spiro atoms. The lowest BCUT2D eigenvalue weighted by Gasteiger charge is -2.14. The van der Waals surface area contributed by atoms with E-state index in [4.69, 9.17) is 33.7 Å². The summed E-state index contributed by atoms with van der Waals surface area (Å²) in [5.74, 6) is 1.23. The maximum Gasteiger partial charge on any atom is 0.220 e. The lowest BCUT2D eigenvalue weighted by Crippen LogP contribution is -2.12. The molecule has 6 nitrogen and oxygen atoms in total. The zero-order valence-corrected chi connectivity index (χ0v) is 14.6. The first-order valence-corrected chi connectivity index (χ1v) is 8.28. The number of amides is 1. The summed E-state index contributed by atoms with van der Waals surface area (Å²) < 4.78 is 5.66. The zero-order valence-electron chi connectivity index (χ0n) is 13.1. The van der Waals surface area contributed by atoms with E-state index in [1.807, 2.05) is 19.1 Å². The minimum Gasteiger partial charge on any atom is -0.492 e. The summed E-state index contributed by atoms with van der Waals surface area (Å²) in [7, 11) is 0. The first kappa shape index (κ1) is 16.8. The third-order valence-electron chi connectivity index (χ3n) is 3.83. The highest BCUT2D eigenvalue weighted by molar-refractivity contribution is 6.33. The van der Waals surface area contributed by atoms with Crippen molar-refractivity contribution in [1.82, 2.24) is 14.9 Å². The van der Waals surface area contributed by atoms with Crippen molar-refractivity contribution in [1.29, 1.82) is 0 Å². The second-order valence-corrected chi connectivity index (χ2v) is 6.29. The first-order chi connectivity index (χ1) is 11.5. The molecule has 2 heterocycles. The van der Waals surface area contributed by atoms with Gasteiger partial charge in [0, 0.05) is 17.7 Å². The smallest absolute Gasteiger partial charge is 0.220 e. The molecular weight excluding hydrogens is 351 g/mol. The van der Waals surface area contributed by atoms with Gasteiger partial charge < -0.3 is 15.4 Å². The monoisotopic (exact) mass is 366 g/mol. The van der Waals surface area contributed by atoms with E-state index in [-0.39, 0.29) is 5.95 Å². The van der Waals surface area contributed by atoms with Crippen LogP contribution in [0.3, 0.4) is 0 Å². The molecule has 0 saturated carbocycles. The molecule has 0 fully saturated rings. The van der Waals surface area contributed by atoms with Gasteiger partial charge in [-0.05, 0) is 24.6 Å². The van der Waals surface area contributed by atoms with Crippen LogP contribution in [0.5, 0.6) is 5.75 Å². The number of hydrogen-bond acceptors (Lipinski definition) is 5. The summed E-state index contributed by atoms with van der Waals surface area (Å²) in [5.41, 5.74) is 9.66. The molecule has 126 valence electrons. The minimum absolute atomic E-state index is 0.149. The number of fused-ring (bicyclic) bond motifs is 1. The van der Waals surface area contributed by atoms with Gasteiger partial charge in [0.1, 0.15) is 12.4 Å². The number of nitrogens with two attached hydrogens (primary N) is 1. The van der Waals surface area contributed by atoms with Gasteiger partial charge in [-0.1, -0.05) is 11.6 Å². The van der Waals surface area contributed by atoms with Gasteiger partial charge in [0.05, 0.1) is 28.8 Å². The quantitative estimate of drug-likeness (QED) is 0.649. The molecule has 1 aromatic heterocycles. The van der Waals surface area contributed by atoms with Crippen LogP contribution in [0.15, 0.2) is 12.1 Å². The van der Waals surface area contributed by atoms with Gasteiger partial charge in [0.15, 0.2) is 0 Å². The van der Waals surface area contributed by atoms with Gasteiger partial charge in [0.2, 0.25) is 12.4 Å². The highest BCUT2D eigenvalue weighted by Gasteiger charge is 2.26. The van der Waals surface area contributed by atoms with Crippen LogP contribution in [0.25, 0.3) is 11.3 Å². The average molecular weight is 367 g/mol. The van der Waals surface area contributed by atoms with Gasteiger partial charge in [-0.15, -0.1) is 11.6 Å². The molecule has 0 radical (unpaired) electrons. The van der Waals surface area contributed by atoms with E-state index in [9.17, 15) is 4.79 Å². The standard InChI is InChI=1S/C16H16Cl2N4O2/c1-9-4-12(18)10(5-14(9)24-3-2-17)15-11-6-22(8-23)7-13(11)20-16(19)21-15/h4-5,8H,2-3,6-7H2,1H3,(H2,19,20,21). The predicted octanol–water partition coefficient (Wildman–Crippen LogP) is 2.78. The summed E-state index contributed by atoms with van der Waals surface area (Å²) >= 11 is 12.1. The van der Waals surface area contributed by atoms with Crippen molar-refractivity contribution < 1.29 is 9.53 Å². The molecule has 0 bridgehead atoms. The number of benzene rings is 1. The van der Waals surface area contributed by atoms with Gasteiger partial charge in [-0.25, -0.2) is 9.97 Å². The molecule has 8 heteroatoms. The van der Waals surface area contributed by atoms with Crippen molar-refractivity contribution >= 4 is 35.6 Å². The highest BCUT2D eigenvalue weighted by atomic mass is 35.5. The van der Waals surface area contributed by atoms with Gasteiger partial charge >= 0.3 is 0 Å². The van der Waals surface area contributed by atoms with E-state index in [2.05, 4.69) is 9.97 Å². The Balaban J connectivity index is 2.11. The van der Waals surface area contributed by atoms with Crippen molar-refractivity contribution in [2.75, 3.05) is 18.2 Å². The lowest BCUT2D eigenvalue weighted by atomic mass is 10.0. The van der Waals surface area contributed by atoms with Gasteiger partial charge in [-0.3, -0.25) is 4.79 Å². The van der Waals surface area contributed by atoms with E-state index >= 15 is 0 Å². The van der Waals surface area contributed by atoms with E-state index in [1.165, 1.54) is 0 Å². The number of aryl methyl sites for hydroxylation is 1. The Morgan fingerprint density at radius 3 is 2.88 bits per heavy atom. The fraction of sp³-hybridized carbons (Fsp3) is 0.312. The van der Waals surface area contributed by atoms with Crippen molar-refractivity contribution in [3.05, 3.63) is 34.0 Å². The Bertz CT molecular complexity index is 798. The summed E-state index contributed by atoms with van der Waals surface area (Å²) in [4.78, 5) is 21.3. The summed E-state index contributed by atoms with van der Waals surface area (Å²) in [6, 6.07) is 3.65. The predicted molar refractivity (Wildman–Crippen MR) is 93.2 cm³/mol. The van der Waals surface area contributed by atoms with Crippen LogP contribution in [0.4, 0.5) is 5.95 Å². The molecule has 1 aliphatic rings. The Morgan fingerprint density at radius 1 is 1.38 bits per heavy atom. The van der Waals surface area contributed by atoms with E-state index in [0.29, 0.717) is 47.6 Å². The van der Waals surface area contributed by atoms with Gasteiger partial charge in [0.25, 0.3) is 0 Å². The van der Waals surface area contributed by atoms with E-state index in [1.54, 1.807) is 4.90 Å². The number of halogens is 2. The average Bonchev–Trinajstić information content (AvgIpc) is 2.96. The largest absolute Gasteiger partial charge is 0.492 e. The molecule has 0 unspecified atom stereocenters. The molecule has 3 rings (SSSR count). The zero-order chi connectivity index (χ0) is 17.3. The van der Waals surface area contributed by atoms with Crippen molar-refractivity contribution in [2.45, 2.75) is 20.0 Å². The fourth-order valence-electron chi connectivity index (χ4n) is 2.73. The molecule has 0 atom stereocenters. The number of alkyl halides is 1. The highest BCUT2D eigenvalue weighted by Crippen LogP contribution is 2.37. The Hall–Kier alpha value is -2.05. The molecular formula is C16H16Cl2N4O2. The Morgan fingerprint density at radius 2 is 2.17 bits per heavy atom. The summed E-state index contributed by atoms with van der Waals surface area (Å²) in [6.45, 7) is 3.15. The third kappa shape index (κ3) is 3.12. The van der Waals surface area contributed by atoms with Crippen LogP contribution < -0.4 is 10.5 Å². The Kier molecular flexibility index (Phi) is 4.78. The maximum absolute atomic E-state index is 11.1. The van der Waals surface area contributed by atoms with Gasteiger partial charge in [-0.2, -0.15) is 0 Å². The second-order valence-electron chi connectivity index (χ2n) is 5.50. The van der Waals surface area contributed by atoms with E-state index in [0.717, 1.165) is 23.2 Å². The number of nitrogens with zero attached hydrogens (tertiary/aromatic N) is 3. The number of nitrogen functional groups attached to an aromatic ring is 1. The molecule has 0 saturated heterocycles. The van der Waals surface area contributed by atoms with Crippen LogP contribution in [-0.2, 0) is 17.9 Å². The van der Waals surface area contributed by atoms with Crippen LogP contribution in [0.2, 0.25) is 5.02 Å². The molecule has 1 aromatic carbocycles. The van der Waals surface area contributed by atoms with Crippen LogP contribution in [-0.4, -0.2) is 33.8 Å². The molecule has 2 aromatic rings. The number of hydrogen-bond donors (Lipinski definition) is 1. The normalized spacial score (nSPS) is 13.0. The number of anilines is 1. The van der Waals surface area contributed by atoms with Crippen molar-refractivity contribution in [2.24, 2.45) is 0 Å². The van der Waals surface area contributed by atoms with Crippen LogP contribution in [0, 0.1) is 6.92 Å². The maximum atomic E-state index is 11.1. The first-order valence-electron chi connectivity index (χ1n) is 7.37. The molecule has 1 aliphatic heterocycles. The molecule has 1 amide bonds. The van der Waals surface area contributed by atoms with Crippen LogP contribution in [0.1, 0.15) is 16.8 Å². The third-order valence-corrected chi connectivity index (χ3v) is 4.29. The van der Waals surface area contributed by atoms with Crippen LogP contribution >= 0.6 is 23.2 Å². The molecule has 2 N–H and O–H groups in total. The summed E-state index contributed by atoms with van der Waals surface area (Å²) in [5, 5.41) is 0.538.